The van der Waals surface area contributed by atoms with E-state index < -0.39 is 0 Å². The van der Waals surface area contributed by atoms with Crippen LogP contribution in [0.2, 0.25) is 0 Å². The number of thiophene rings is 1. The number of halogens is 1. The van der Waals surface area contributed by atoms with Gasteiger partial charge in [0.25, 0.3) is 5.56 Å². The van der Waals surface area contributed by atoms with Crippen molar-refractivity contribution in [2.75, 3.05) is 14.2 Å². The predicted octanol–water partition coefficient (Wildman–Crippen LogP) is 3.82. The Morgan fingerprint density at radius 2 is 1.89 bits per heavy atom. The highest BCUT2D eigenvalue weighted by atomic mass is 79.9. The zero-order chi connectivity index (χ0) is 19.4. The van der Waals surface area contributed by atoms with Crippen molar-refractivity contribution in [3.63, 3.8) is 0 Å². The third-order valence-electron chi connectivity index (χ3n) is 4.32. The van der Waals surface area contributed by atoms with E-state index in [0.717, 1.165) is 25.7 Å². The predicted molar refractivity (Wildman–Crippen MR) is 108 cm³/mol. The van der Waals surface area contributed by atoms with Crippen molar-refractivity contribution < 1.29 is 14.3 Å². The van der Waals surface area contributed by atoms with E-state index in [1.807, 2.05) is 36.4 Å². The minimum absolute atomic E-state index is 0.0972. The maximum absolute atomic E-state index is 12.6. The number of methoxy groups -OCH3 is 2. The molecule has 0 aliphatic heterocycles. The molecule has 3 rings (SSSR count). The molecule has 3 aromatic rings. The minimum Gasteiger partial charge on any atom is -0.497 e. The van der Waals surface area contributed by atoms with Crippen LogP contribution in [0.15, 0.2) is 45.0 Å². The van der Waals surface area contributed by atoms with Crippen LogP contribution in [0.3, 0.4) is 0 Å². The van der Waals surface area contributed by atoms with Crippen LogP contribution < -0.4 is 10.3 Å². The molecule has 2 N–H and O–H groups in total. The van der Waals surface area contributed by atoms with Gasteiger partial charge in [-0.1, -0.05) is 12.1 Å². The number of benzene rings is 1. The average molecular weight is 451 g/mol. The Bertz CT molecular complexity index is 974. The molecule has 0 aliphatic rings. The lowest BCUT2D eigenvalue weighted by molar-refractivity contribution is -0.140. The summed E-state index contributed by atoms with van der Waals surface area (Å²) in [4.78, 5) is 25.5. The number of esters is 1. The SMILES string of the molecule is COC(=O)CC(c1ccc(Br)s1)c1c(Cc2ccc(OC)cc2)[nH][nH]c1=O. The number of nitrogens with one attached hydrogen (secondary N) is 2. The highest BCUT2D eigenvalue weighted by Crippen LogP contribution is 2.35. The molecule has 6 nitrogen and oxygen atoms in total. The van der Waals surface area contributed by atoms with Gasteiger partial charge in [0.2, 0.25) is 0 Å². The molecule has 0 amide bonds. The number of aromatic nitrogens is 2. The molecule has 0 aliphatic carbocycles. The molecule has 1 atom stereocenters. The van der Waals surface area contributed by atoms with Gasteiger partial charge >= 0.3 is 5.97 Å². The van der Waals surface area contributed by atoms with E-state index in [0.29, 0.717) is 12.0 Å². The first-order valence-corrected chi connectivity index (χ1v) is 9.87. The van der Waals surface area contributed by atoms with Crippen LogP contribution in [0.5, 0.6) is 5.75 Å². The number of H-pyrrole nitrogens is 2. The number of carbonyl (C=O) groups excluding carboxylic acids is 1. The fourth-order valence-corrected chi connectivity index (χ4v) is 4.50. The van der Waals surface area contributed by atoms with Crippen molar-refractivity contribution in [3.8, 4) is 5.75 Å². The highest BCUT2D eigenvalue weighted by molar-refractivity contribution is 9.11. The molecule has 0 saturated heterocycles. The van der Waals surface area contributed by atoms with Gasteiger partial charge < -0.3 is 14.6 Å². The summed E-state index contributed by atoms with van der Waals surface area (Å²) in [5, 5.41) is 5.64. The molecule has 1 unspecified atom stereocenters. The van der Waals surface area contributed by atoms with Gasteiger partial charge in [-0.2, -0.15) is 0 Å². The van der Waals surface area contributed by atoms with Crippen LogP contribution >= 0.6 is 27.3 Å². The molecular weight excluding hydrogens is 432 g/mol. The number of aromatic amines is 2. The Labute approximate surface area is 168 Å². The molecular formula is C19H19BrN2O4S. The standard InChI is InChI=1S/C19H19BrN2O4S/c1-25-12-5-3-11(4-6-12)9-14-18(19(24)22-21-14)13(10-17(23)26-2)15-7-8-16(20)27-15/h3-8,13H,9-10H2,1-2H3,(H2,21,22,24). The molecule has 2 heterocycles. The summed E-state index contributed by atoms with van der Waals surface area (Å²) in [6.45, 7) is 0. The first-order valence-electron chi connectivity index (χ1n) is 8.26. The summed E-state index contributed by atoms with van der Waals surface area (Å²) in [5.41, 5.74) is 2.11. The van der Waals surface area contributed by atoms with E-state index in [9.17, 15) is 9.59 Å². The smallest absolute Gasteiger partial charge is 0.306 e. The van der Waals surface area contributed by atoms with Gasteiger partial charge in [0, 0.05) is 28.5 Å². The molecule has 1 aromatic carbocycles. The van der Waals surface area contributed by atoms with Crippen molar-refractivity contribution in [2.45, 2.75) is 18.8 Å². The lowest BCUT2D eigenvalue weighted by Gasteiger charge is -2.14. The second-order valence-corrected chi connectivity index (χ2v) is 8.47. The fraction of sp³-hybridized carbons (Fsp3) is 0.263. The van der Waals surface area contributed by atoms with Crippen LogP contribution in [0, 0.1) is 0 Å². The lowest BCUT2D eigenvalue weighted by atomic mass is 9.92. The quantitative estimate of drug-likeness (QED) is 0.535. The van der Waals surface area contributed by atoms with Gasteiger partial charge in [-0.3, -0.25) is 14.7 Å². The Morgan fingerprint density at radius 1 is 1.15 bits per heavy atom. The van der Waals surface area contributed by atoms with Crippen LogP contribution in [-0.2, 0) is 16.0 Å². The summed E-state index contributed by atoms with van der Waals surface area (Å²) in [5.74, 6) is 0.0334. The first-order chi connectivity index (χ1) is 13.0. The van der Waals surface area contributed by atoms with Crippen LogP contribution in [-0.4, -0.2) is 30.4 Å². The summed E-state index contributed by atoms with van der Waals surface area (Å²) in [6.07, 6.45) is 0.627. The van der Waals surface area contributed by atoms with E-state index in [4.69, 9.17) is 9.47 Å². The first kappa shape index (κ1) is 19.4. The number of hydrogen-bond donors (Lipinski definition) is 2. The van der Waals surface area contributed by atoms with Crippen LogP contribution in [0.25, 0.3) is 0 Å². The zero-order valence-electron chi connectivity index (χ0n) is 14.9. The van der Waals surface area contributed by atoms with E-state index in [-0.39, 0.29) is 23.9 Å². The largest absolute Gasteiger partial charge is 0.497 e. The summed E-state index contributed by atoms with van der Waals surface area (Å²) in [6, 6.07) is 11.5. The molecule has 8 heteroatoms. The third-order valence-corrected chi connectivity index (χ3v) is 6.06. The van der Waals surface area contributed by atoms with Crippen LogP contribution in [0.4, 0.5) is 0 Å². The van der Waals surface area contributed by atoms with E-state index >= 15 is 0 Å². The third kappa shape index (κ3) is 4.51. The number of ether oxygens (including phenoxy) is 2. The second kappa shape index (κ2) is 8.58. The minimum atomic E-state index is -0.378. The maximum atomic E-state index is 12.6. The summed E-state index contributed by atoms with van der Waals surface area (Å²) in [7, 11) is 2.97. The van der Waals surface area contributed by atoms with E-state index in [1.54, 1.807) is 7.11 Å². The van der Waals surface area contributed by atoms with Crippen molar-refractivity contribution in [1.29, 1.82) is 0 Å². The maximum Gasteiger partial charge on any atom is 0.306 e. The summed E-state index contributed by atoms with van der Waals surface area (Å²) >= 11 is 4.95. The molecule has 0 bridgehead atoms. The summed E-state index contributed by atoms with van der Waals surface area (Å²) < 4.78 is 11.0. The molecule has 2 aromatic heterocycles. The van der Waals surface area contributed by atoms with Gasteiger partial charge in [0.1, 0.15) is 5.75 Å². The average Bonchev–Trinajstić information content (AvgIpc) is 3.26. The van der Waals surface area contributed by atoms with Crippen molar-refractivity contribution >= 4 is 33.2 Å². The number of hydrogen-bond acceptors (Lipinski definition) is 5. The molecule has 0 spiro atoms. The molecule has 142 valence electrons. The number of carbonyl (C=O) groups is 1. The van der Waals surface area contributed by atoms with Crippen molar-refractivity contribution in [2.24, 2.45) is 0 Å². The van der Waals surface area contributed by atoms with E-state index in [2.05, 4.69) is 26.1 Å². The Kier molecular flexibility index (Phi) is 6.18. The normalized spacial score (nSPS) is 12.0. The molecule has 0 radical (unpaired) electrons. The van der Waals surface area contributed by atoms with Crippen molar-refractivity contribution in [3.05, 3.63) is 72.2 Å². The Hall–Kier alpha value is -2.32. The van der Waals surface area contributed by atoms with Gasteiger partial charge in [0.05, 0.1) is 24.4 Å². The van der Waals surface area contributed by atoms with E-state index in [1.165, 1.54) is 18.4 Å². The second-order valence-electron chi connectivity index (χ2n) is 5.97. The Morgan fingerprint density at radius 3 is 2.48 bits per heavy atom. The molecule has 0 fully saturated rings. The lowest BCUT2D eigenvalue weighted by Crippen LogP contribution is -2.17. The van der Waals surface area contributed by atoms with Gasteiger partial charge in [-0.15, -0.1) is 11.3 Å². The topological polar surface area (TPSA) is 84.2 Å². The van der Waals surface area contributed by atoms with Crippen LogP contribution in [0.1, 0.15) is 34.0 Å². The Balaban J connectivity index is 1.98. The monoisotopic (exact) mass is 450 g/mol. The zero-order valence-corrected chi connectivity index (χ0v) is 17.3. The van der Waals surface area contributed by atoms with Crippen molar-refractivity contribution in [1.82, 2.24) is 10.2 Å². The van der Waals surface area contributed by atoms with Gasteiger partial charge in [0.15, 0.2) is 0 Å². The van der Waals surface area contributed by atoms with Gasteiger partial charge in [-0.25, -0.2) is 0 Å². The number of rotatable bonds is 7. The van der Waals surface area contributed by atoms with Gasteiger partial charge in [-0.05, 0) is 45.8 Å². The highest BCUT2D eigenvalue weighted by Gasteiger charge is 2.27. The molecule has 0 saturated carbocycles. The molecule has 27 heavy (non-hydrogen) atoms. The fourth-order valence-electron chi connectivity index (χ4n) is 2.97.